The van der Waals surface area contributed by atoms with E-state index in [1.54, 1.807) is 0 Å². The van der Waals surface area contributed by atoms with Crippen LogP contribution in [0.25, 0.3) is 0 Å². The van der Waals surface area contributed by atoms with Gasteiger partial charge in [-0.2, -0.15) is 0 Å². The minimum Gasteiger partial charge on any atom is -0.389 e. The molecule has 1 amide bonds. The normalized spacial score (nSPS) is 16.2. The summed E-state index contributed by atoms with van der Waals surface area (Å²) < 4.78 is 31.9. The molecule has 0 saturated carbocycles. The highest BCUT2D eigenvalue weighted by atomic mass is 19.1. The van der Waals surface area contributed by atoms with E-state index in [9.17, 15) is 18.7 Å². The van der Waals surface area contributed by atoms with Crippen molar-refractivity contribution in [2.24, 2.45) is 0 Å². The molecular weight excluding hydrogens is 416 g/mol. The number of hydrogen-bond donors (Lipinski definition) is 2. The molecule has 8 heteroatoms. The van der Waals surface area contributed by atoms with Crippen molar-refractivity contribution in [3.05, 3.63) is 64.7 Å². The van der Waals surface area contributed by atoms with Crippen molar-refractivity contribution in [3.8, 4) is 0 Å². The van der Waals surface area contributed by atoms with E-state index < -0.39 is 17.7 Å². The fourth-order valence-corrected chi connectivity index (χ4v) is 3.82. The summed E-state index contributed by atoms with van der Waals surface area (Å²) in [4.78, 5) is 16.7. The van der Waals surface area contributed by atoms with Gasteiger partial charge in [-0.15, -0.1) is 0 Å². The number of carbonyl (C=O) groups excluding carboxylic acids is 1. The van der Waals surface area contributed by atoms with Gasteiger partial charge in [-0.3, -0.25) is 14.6 Å². The molecule has 174 valence electrons. The maximum atomic E-state index is 13.6. The van der Waals surface area contributed by atoms with Gasteiger partial charge in [0.2, 0.25) is 5.91 Å². The van der Waals surface area contributed by atoms with Crippen LogP contribution in [0.5, 0.6) is 0 Å². The monoisotopic (exact) mass is 447 g/mol. The van der Waals surface area contributed by atoms with Crippen molar-refractivity contribution in [3.63, 3.8) is 0 Å². The van der Waals surface area contributed by atoms with Crippen molar-refractivity contribution in [1.82, 2.24) is 9.80 Å². The van der Waals surface area contributed by atoms with E-state index in [2.05, 4.69) is 15.1 Å². The Morgan fingerprint density at radius 1 is 1.09 bits per heavy atom. The Balaban J connectivity index is 1.34. The molecule has 1 fully saturated rings. The highest BCUT2D eigenvalue weighted by Gasteiger charge is 2.21. The Kier molecular flexibility index (Phi) is 8.69. The van der Waals surface area contributed by atoms with E-state index >= 15 is 0 Å². The van der Waals surface area contributed by atoms with Crippen molar-refractivity contribution in [1.29, 1.82) is 0 Å². The molecule has 1 atom stereocenters. The molecule has 2 aromatic rings. The standard InChI is InChI=1S/C24H31F2N3O3/c1-17-4-3-5-18(2)24(17)27-23(31)14-29-10-8-28(9-11-29)13-21(30)16-32-15-19-6-7-20(25)12-22(19)26/h3-7,12,21,30H,8-11,13-16H2,1-2H3,(H,27,31). The number of ether oxygens (including phenoxy) is 1. The Morgan fingerprint density at radius 2 is 1.75 bits per heavy atom. The second-order valence-electron chi connectivity index (χ2n) is 8.30. The van der Waals surface area contributed by atoms with Gasteiger partial charge in [0.1, 0.15) is 11.6 Å². The van der Waals surface area contributed by atoms with E-state index in [1.807, 2.05) is 32.0 Å². The predicted molar refractivity (Wildman–Crippen MR) is 119 cm³/mol. The van der Waals surface area contributed by atoms with Crippen molar-refractivity contribution >= 4 is 11.6 Å². The van der Waals surface area contributed by atoms with E-state index in [0.717, 1.165) is 49.1 Å². The minimum atomic E-state index is -0.711. The summed E-state index contributed by atoms with van der Waals surface area (Å²) in [5, 5.41) is 13.2. The zero-order chi connectivity index (χ0) is 23.1. The van der Waals surface area contributed by atoms with E-state index in [0.29, 0.717) is 13.1 Å². The van der Waals surface area contributed by atoms with Crippen LogP contribution < -0.4 is 5.32 Å². The number of nitrogens with zero attached hydrogens (tertiary/aromatic N) is 2. The lowest BCUT2D eigenvalue weighted by molar-refractivity contribution is -0.117. The summed E-state index contributed by atoms with van der Waals surface area (Å²) in [6.07, 6.45) is -0.711. The zero-order valence-electron chi connectivity index (χ0n) is 18.6. The molecule has 0 radical (unpaired) electrons. The summed E-state index contributed by atoms with van der Waals surface area (Å²) in [5.41, 5.74) is 3.22. The number of piperazine rings is 1. The average Bonchev–Trinajstić information content (AvgIpc) is 2.74. The summed E-state index contributed by atoms with van der Waals surface area (Å²) in [6.45, 7) is 7.70. The molecule has 1 heterocycles. The molecule has 3 rings (SSSR count). The molecule has 0 spiro atoms. The van der Waals surface area contributed by atoms with Crippen molar-refractivity contribution < 1.29 is 23.4 Å². The lowest BCUT2D eigenvalue weighted by Crippen LogP contribution is -2.50. The Labute approximate surface area is 187 Å². The molecular formula is C24H31F2N3O3. The number of amides is 1. The molecule has 1 aliphatic rings. The van der Waals surface area contributed by atoms with Crippen molar-refractivity contribution in [2.45, 2.75) is 26.6 Å². The maximum Gasteiger partial charge on any atom is 0.238 e. The molecule has 1 saturated heterocycles. The smallest absolute Gasteiger partial charge is 0.238 e. The molecule has 0 bridgehead atoms. The van der Waals surface area contributed by atoms with Gasteiger partial charge in [0, 0.05) is 50.0 Å². The number of para-hydroxylation sites is 1. The van der Waals surface area contributed by atoms with Crippen LogP contribution in [-0.2, 0) is 16.1 Å². The largest absolute Gasteiger partial charge is 0.389 e. The van der Waals surface area contributed by atoms with Crippen LogP contribution in [0.2, 0.25) is 0 Å². The van der Waals surface area contributed by atoms with Crippen LogP contribution >= 0.6 is 0 Å². The summed E-state index contributed by atoms with van der Waals surface area (Å²) >= 11 is 0. The lowest BCUT2D eigenvalue weighted by atomic mass is 10.1. The Hall–Kier alpha value is -2.39. The van der Waals surface area contributed by atoms with Gasteiger partial charge in [0.25, 0.3) is 0 Å². The van der Waals surface area contributed by atoms with Gasteiger partial charge in [0.15, 0.2) is 0 Å². The summed E-state index contributed by atoms with van der Waals surface area (Å²) in [7, 11) is 0. The molecule has 6 nitrogen and oxygen atoms in total. The molecule has 1 unspecified atom stereocenters. The highest BCUT2D eigenvalue weighted by molar-refractivity contribution is 5.93. The number of halogens is 2. The number of aliphatic hydroxyl groups is 1. The molecule has 2 aromatic carbocycles. The summed E-state index contributed by atoms with van der Waals surface area (Å²) in [5.74, 6) is -1.32. The third-order valence-electron chi connectivity index (χ3n) is 5.63. The molecule has 1 aliphatic heterocycles. The van der Waals surface area contributed by atoms with Crippen molar-refractivity contribution in [2.75, 3.05) is 51.2 Å². The minimum absolute atomic E-state index is 0.0214. The van der Waals surface area contributed by atoms with Crippen LogP contribution in [0.4, 0.5) is 14.5 Å². The number of aliphatic hydroxyl groups excluding tert-OH is 1. The van der Waals surface area contributed by atoms with E-state index in [1.165, 1.54) is 12.1 Å². The average molecular weight is 448 g/mol. The fourth-order valence-electron chi connectivity index (χ4n) is 3.82. The fraction of sp³-hybridized carbons (Fsp3) is 0.458. The second kappa shape index (κ2) is 11.5. The lowest BCUT2D eigenvalue weighted by Gasteiger charge is -2.35. The number of hydrogen-bond acceptors (Lipinski definition) is 5. The first kappa shape index (κ1) is 24.3. The number of β-amino-alcohol motifs (C(OH)–C–C–N with tert-alkyl or cyclic N) is 1. The first-order valence-corrected chi connectivity index (χ1v) is 10.8. The first-order chi connectivity index (χ1) is 15.3. The van der Waals surface area contributed by atoms with Gasteiger partial charge in [-0.25, -0.2) is 8.78 Å². The number of nitrogens with one attached hydrogen (secondary N) is 1. The Bertz CT molecular complexity index is 897. The van der Waals surface area contributed by atoms with Gasteiger partial charge in [0.05, 0.1) is 25.9 Å². The predicted octanol–water partition coefficient (Wildman–Crippen LogP) is 2.72. The van der Waals surface area contributed by atoms with Crippen LogP contribution in [-0.4, -0.2) is 72.8 Å². The van der Waals surface area contributed by atoms with Crippen LogP contribution in [0.1, 0.15) is 16.7 Å². The third-order valence-corrected chi connectivity index (χ3v) is 5.63. The number of carbonyl (C=O) groups is 1. The van der Waals surface area contributed by atoms with Gasteiger partial charge < -0.3 is 15.2 Å². The first-order valence-electron chi connectivity index (χ1n) is 10.8. The van der Waals surface area contributed by atoms with Crippen LogP contribution in [0, 0.1) is 25.5 Å². The number of anilines is 1. The summed E-state index contributed by atoms with van der Waals surface area (Å²) in [6, 6.07) is 9.27. The molecule has 0 aromatic heterocycles. The second-order valence-corrected chi connectivity index (χ2v) is 8.30. The maximum absolute atomic E-state index is 13.6. The topological polar surface area (TPSA) is 65.0 Å². The highest BCUT2D eigenvalue weighted by Crippen LogP contribution is 2.19. The third kappa shape index (κ3) is 7.06. The van der Waals surface area contributed by atoms with E-state index in [4.69, 9.17) is 4.74 Å². The van der Waals surface area contributed by atoms with Crippen LogP contribution in [0.3, 0.4) is 0 Å². The van der Waals surface area contributed by atoms with E-state index in [-0.39, 0.29) is 24.7 Å². The Morgan fingerprint density at radius 3 is 2.41 bits per heavy atom. The molecule has 0 aliphatic carbocycles. The van der Waals surface area contributed by atoms with Crippen LogP contribution in [0.15, 0.2) is 36.4 Å². The van der Waals surface area contributed by atoms with Gasteiger partial charge in [-0.1, -0.05) is 24.3 Å². The number of aryl methyl sites for hydroxylation is 2. The van der Waals surface area contributed by atoms with Gasteiger partial charge in [-0.05, 0) is 31.0 Å². The quantitative estimate of drug-likeness (QED) is 0.619. The zero-order valence-corrected chi connectivity index (χ0v) is 18.6. The molecule has 2 N–H and O–H groups in total. The number of benzene rings is 2. The molecule has 32 heavy (non-hydrogen) atoms. The SMILES string of the molecule is Cc1cccc(C)c1NC(=O)CN1CCN(CC(O)COCc2ccc(F)cc2F)CC1. The van der Waals surface area contributed by atoms with Gasteiger partial charge >= 0.3 is 0 Å². The number of rotatable bonds is 9.